The van der Waals surface area contributed by atoms with Crippen molar-refractivity contribution in [2.75, 3.05) is 11.9 Å². The highest BCUT2D eigenvalue weighted by Crippen LogP contribution is 2.30. The van der Waals surface area contributed by atoms with Gasteiger partial charge in [0.1, 0.15) is 0 Å². The fourth-order valence-corrected chi connectivity index (χ4v) is 4.74. The SMILES string of the molecule is CC(C)CC(=O)N1CCc2nc(NC(=O)/C(=C\c3ccccc3)c3ccccc3)sc2C1. The number of amides is 2. The Hall–Kier alpha value is -3.25. The number of aromatic nitrogens is 1. The van der Waals surface area contributed by atoms with Crippen LogP contribution in [0.25, 0.3) is 11.6 Å². The molecule has 1 aromatic heterocycles. The number of fused-ring (bicyclic) bond motifs is 1. The first-order chi connectivity index (χ1) is 15.5. The molecule has 0 saturated heterocycles. The number of hydrogen-bond acceptors (Lipinski definition) is 4. The zero-order chi connectivity index (χ0) is 22.5. The van der Waals surface area contributed by atoms with Gasteiger partial charge in [-0.2, -0.15) is 0 Å². The first kappa shape index (κ1) is 22.0. The quantitative estimate of drug-likeness (QED) is 0.416. The largest absolute Gasteiger partial charge is 0.337 e. The molecule has 2 amide bonds. The van der Waals surface area contributed by atoms with E-state index < -0.39 is 0 Å². The van der Waals surface area contributed by atoms with E-state index in [1.807, 2.05) is 71.6 Å². The van der Waals surface area contributed by atoms with Crippen molar-refractivity contribution in [3.8, 4) is 0 Å². The third-order valence-electron chi connectivity index (χ3n) is 5.33. The van der Waals surface area contributed by atoms with E-state index in [1.54, 1.807) is 0 Å². The van der Waals surface area contributed by atoms with Gasteiger partial charge in [-0.05, 0) is 23.1 Å². The topological polar surface area (TPSA) is 62.3 Å². The van der Waals surface area contributed by atoms with Crippen LogP contribution >= 0.6 is 11.3 Å². The van der Waals surface area contributed by atoms with Crippen LogP contribution in [-0.4, -0.2) is 28.2 Å². The highest BCUT2D eigenvalue weighted by Gasteiger charge is 2.25. The lowest BCUT2D eigenvalue weighted by atomic mass is 10.0. The number of anilines is 1. The van der Waals surface area contributed by atoms with Crippen molar-refractivity contribution in [1.82, 2.24) is 9.88 Å². The van der Waals surface area contributed by atoms with E-state index in [0.29, 0.717) is 36.1 Å². The summed E-state index contributed by atoms with van der Waals surface area (Å²) in [5.41, 5.74) is 3.37. The molecule has 0 fully saturated rings. The number of rotatable bonds is 6. The van der Waals surface area contributed by atoms with Gasteiger partial charge < -0.3 is 4.90 Å². The van der Waals surface area contributed by atoms with E-state index in [2.05, 4.69) is 24.1 Å². The molecule has 0 atom stereocenters. The Kier molecular flexibility index (Phi) is 6.81. The van der Waals surface area contributed by atoms with Gasteiger partial charge in [-0.3, -0.25) is 14.9 Å². The maximum Gasteiger partial charge on any atom is 0.258 e. The molecule has 0 spiro atoms. The fraction of sp³-hybridized carbons (Fsp3) is 0.269. The predicted octanol–water partition coefficient (Wildman–Crippen LogP) is 5.25. The molecular formula is C26H27N3O2S. The van der Waals surface area contributed by atoms with Gasteiger partial charge in [0.25, 0.3) is 5.91 Å². The van der Waals surface area contributed by atoms with Crippen LogP contribution < -0.4 is 5.32 Å². The van der Waals surface area contributed by atoms with Crippen LogP contribution in [0.1, 0.15) is 42.0 Å². The van der Waals surface area contributed by atoms with E-state index in [9.17, 15) is 9.59 Å². The first-order valence-electron chi connectivity index (χ1n) is 10.9. The molecular weight excluding hydrogens is 418 g/mol. The van der Waals surface area contributed by atoms with Gasteiger partial charge in [-0.25, -0.2) is 4.98 Å². The number of thiazole rings is 1. The number of benzene rings is 2. The second-order valence-corrected chi connectivity index (χ2v) is 9.42. The Bertz CT molecular complexity index is 1120. The molecule has 2 heterocycles. The van der Waals surface area contributed by atoms with Crippen molar-refractivity contribution in [2.24, 2.45) is 5.92 Å². The van der Waals surface area contributed by atoms with Gasteiger partial charge in [0.05, 0.1) is 12.2 Å². The summed E-state index contributed by atoms with van der Waals surface area (Å²) < 4.78 is 0. The van der Waals surface area contributed by atoms with Crippen LogP contribution in [0.15, 0.2) is 60.7 Å². The van der Waals surface area contributed by atoms with E-state index in [4.69, 9.17) is 0 Å². The zero-order valence-corrected chi connectivity index (χ0v) is 19.2. The van der Waals surface area contributed by atoms with Crippen molar-refractivity contribution in [3.05, 3.63) is 82.4 Å². The summed E-state index contributed by atoms with van der Waals surface area (Å²) in [7, 11) is 0. The van der Waals surface area contributed by atoms with Gasteiger partial charge in [0, 0.05) is 29.8 Å². The van der Waals surface area contributed by atoms with E-state index >= 15 is 0 Å². The minimum absolute atomic E-state index is 0.182. The average molecular weight is 446 g/mol. The Morgan fingerprint density at radius 2 is 1.78 bits per heavy atom. The molecule has 1 N–H and O–H groups in total. The number of nitrogens with zero attached hydrogens (tertiary/aromatic N) is 2. The molecule has 164 valence electrons. The Labute approximate surface area is 192 Å². The molecule has 0 unspecified atom stereocenters. The fourth-order valence-electron chi connectivity index (χ4n) is 3.72. The highest BCUT2D eigenvalue weighted by molar-refractivity contribution is 7.16. The van der Waals surface area contributed by atoms with Crippen LogP contribution in [0.4, 0.5) is 5.13 Å². The van der Waals surface area contributed by atoms with Crippen molar-refractivity contribution < 1.29 is 9.59 Å². The predicted molar refractivity (Wildman–Crippen MR) is 130 cm³/mol. The summed E-state index contributed by atoms with van der Waals surface area (Å²) in [6.07, 6.45) is 3.17. The normalized spacial score (nSPS) is 13.7. The lowest BCUT2D eigenvalue weighted by molar-refractivity contribution is -0.132. The number of carbonyl (C=O) groups is 2. The molecule has 3 aromatic rings. The summed E-state index contributed by atoms with van der Waals surface area (Å²) >= 11 is 1.46. The monoisotopic (exact) mass is 445 g/mol. The van der Waals surface area contributed by atoms with Gasteiger partial charge in [0.2, 0.25) is 5.91 Å². The van der Waals surface area contributed by atoms with Gasteiger partial charge in [0.15, 0.2) is 5.13 Å². The van der Waals surface area contributed by atoms with Crippen LogP contribution in [0.5, 0.6) is 0 Å². The molecule has 0 aliphatic carbocycles. The van der Waals surface area contributed by atoms with Crippen molar-refractivity contribution in [3.63, 3.8) is 0 Å². The summed E-state index contributed by atoms with van der Waals surface area (Å²) in [5.74, 6) is 0.328. The van der Waals surface area contributed by atoms with Gasteiger partial charge in [-0.1, -0.05) is 85.8 Å². The Morgan fingerprint density at radius 1 is 1.09 bits per heavy atom. The second kappa shape index (κ2) is 9.92. The Morgan fingerprint density at radius 3 is 2.47 bits per heavy atom. The average Bonchev–Trinajstić information content (AvgIpc) is 3.19. The third kappa shape index (κ3) is 5.32. The van der Waals surface area contributed by atoms with Crippen LogP contribution in [0.3, 0.4) is 0 Å². The van der Waals surface area contributed by atoms with E-state index in [-0.39, 0.29) is 11.8 Å². The summed E-state index contributed by atoms with van der Waals surface area (Å²) in [6.45, 7) is 5.36. The zero-order valence-electron chi connectivity index (χ0n) is 18.4. The van der Waals surface area contributed by atoms with Crippen molar-refractivity contribution in [1.29, 1.82) is 0 Å². The standard InChI is InChI=1S/C26H27N3O2S/c1-18(2)15-24(30)29-14-13-22-23(17-29)32-26(27-22)28-25(31)21(20-11-7-4-8-12-20)16-19-9-5-3-6-10-19/h3-12,16,18H,13-15,17H2,1-2H3,(H,27,28,31)/b21-16-. The van der Waals surface area contributed by atoms with Crippen LogP contribution in [0.2, 0.25) is 0 Å². The summed E-state index contributed by atoms with van der Waals surface area (Å²) in [6, 6.07) is 19.4. The van der Waals surface area contributed by atoms with Crippen LogP contribution in [-0.2, 0) is 22.6 Å². The molecule has 2 aromatic carbocycles. The van der Waals surface area contributed by atoms with Crippen LogP contribution in [0, 0.1) is 5.92 Å². The maximum absolute atomic E-state index is 13.2. The minimum Gasteiger partial charge on any atom is -0.337 e. The molecule has 0 bridgehead atoms. The molecule has 1 aliphatic rings. The lowest BCUT2D eigenvalue weighted by Crippen LogP contribution is -2.36. The minimum atomic E-state index is -0.195. The maximum atomic E-state index is 13.2. The second-order valence-electron chi connectivity index (χ2n) is 8.34. The molecule has 4 rings (SSSR count). The molecule has 32 heavy (non-hydrogen) atoms. The molecule has 6 heteroatoms. The first-order valence-corrected chi connectivity index (χ1v) is 11.7. The highest BCUT2D eigenvalue weighted by atomic mass is 32.1. The number of hydrogen-bond donors (Lipinski definition) is 1. The number of carbonyl (C=O) groups excluding carboxylic acids is 2. The van der Waals surface area contributed by atoms with E-state index in [0.717, 1.165) is 28.1 Å². The van der Waals surface area contributed by atoms with Crippen molar-refractivity contribution >= 4 is 39.9 Å². The summed E-state index contributed by atoms with van der Waals surface area (Å²) in [4.78, 5) is 33.3. The van der Waals surface area contributed by atoms with Gasteiger partial charge >= 0.3 is 0 Å². The van der Waals surface area contributed by atoms with Crippen molar-refractivity contribution in [2.45, 2.75) is 33.2 Å². The summed E-state index contributed by atoms with van der Waals surface area (Å²) in [5, 5.41) is 3.57. The number of nitrogens with one attached hydrogen (secondary N) is 1. The molecule has 0 radical (unpaired) electrons. The molecule has 1 aliphatic heterocycles. The smallest absolute Gasteiger partial charge is 0.258 e. The van der Waals surface area contributed by atoms with E-state index in [1.165, 1.54) is 11.3 Å². The van der Waals surface area contributed by atoms with Gasteiger partial charge in [-0.15, -0.1) is 0 Å². The third-order valence-corrected chi connectivity index (χ3v) is 6.33. The lowest BCUT2D eigenvalue weighted by Gasteiger charge is -2.26. The molecule has 5 nitrogen and oxygen atoms in total. The Balaban J connectivity index is 1.53. The molecule has 0 saturated carbocycles.